The second-order valence-electron chi connectivity index (χ2n) is 5.35. The number of guanidine groups is 1. The molecule has 1 aromatic carbocycles. The van der Waals surface area contributed by atoms with Crippen LogP contribution in [0.5, 0.6) is 0 Å². The van der Waals surface area contributed by atoms with Crippen LogP contribution in [-0.4, -0.2) is 42.5 Å². The van der Waals surface area contributed by atoms with E-state index in [1.54, 1.807) is 19.2 Å². The monoisotopic (exact) mass is 425 g/mol. The molecular formula is C15H25FIN3S. The summed E-state index contributed by atoms with van der Waals surface area (Å²) in [6.07, 6.45) is 2.10. The predicted octanol–water partition coefficient (Wildman–Crippen LogP) is 3.59. The van der Waals surface area contributed by atoms with E-state index in [2.05, 4.69) is 30.4 Å². The van der Waals surface area contributed by atoms with Crippen LogP contribution in [0.1, 0.15) is 19.4 Å². The number of halogens is 2. The molecule has 1 aromatic rings. The largest absolute Gasteiger partial charge is 0.355 e. The molecule has 0 aliphatic heterocycles. The van der Waals surface area contributed by atoms with Crippen LogP contribution >= 0.6 is 35.7 Å². The molecule has 0 saturated carbocycles. The lowest BCUT2D eigenvalue weighted by molar-refractivity contribution is 0.471. The summed E-state index contributed by atoms with van der Waals surface area (Å²) in [5.74, 6) is 0.636. The molecule has 0 aliphatic carbocycles. The van der Waals surface area contributed by atoms with E-state index in [0.29, 0.717) is 6.54 Å². The second-order valence-corrected chi connectivity index (χ2v) is 6.86. The number of rotatable bonds is 5. The minimum atomic E-state index is -0.208. The van der Waals surface area contributed by atoms with Gasteiger partial charge in [0, 0.05) is 31.9 Å². The molecule has 3 nitrogen and oxygen atoms in total. The van der Waals surface area contributed by atoms with Crippen LogP contribution in [-0.2, 0) is 6.54 Å². The van der Waals surface area contributed by atoms with E-state index in [1.165, 1.54) is 12.1 Å². The van der Waals surface area contributed by atoms with E-state index in [4.69, 9.17) is 0 Å². The highest BCUT2D eigenvalue weighted by Gasteiger charge is 2.17. The molecule has 0 radical (unpaired) electrons. The molecule has 0 bridgehead atoms. The van der Waals surface area contributed by atoms with E-state index in [-0.39, 0.29) is 34.5 Å². The van der Waals surface area contributed by atoms with Crippen LogP contribution in [0.15, 0.2) is 29.3 Å². The standard InChI is InChI=1S/C15H24FN3S.HI/c1-15(2,20-5)11-18-14(17-3)19(4)10-12-6-8-13(16)9-7-12;/h6-9H,10-11H2,1-5H3,(H,17,18);1H. The zero-order chi connectivity index (χ0) is 15.2. The Morgan fingerprint density at radius 3 is 2.38 bits per heavy atom. The number of nitrogens with one attached hydrogen (secondary N) is 1. The fraction of sp³-hybridized carbons (Fsp3) is 0.533. The first-order chi connectivity index (χ1) is 9.38. The summed E-state index contributed by atoms with van der Waals surface area (Å²) in [4.78, 5) is 6.32. The minimum absolute atomic E-state index is 0. The van der Waals surface area contributed by atoms with Crippen LogP contribution in [0, 0.1) is 5.82 Å². The second kappa shape index (κ2) is 9.50. The first kappa shape index (κ1) is 20.5. The van der Waals surface area contributed by atoms with Gasteiger partial charge in [0.2, 0.25) is 0 Å². The number of hydrogen-bond donors (Lipinski definition) is 1. The summed E-state index contributed by atoms with van der Waals surface area (Å²) >= 11 is 1.82. The Balaban J connectivity index is 0.00000400. The smallest absolute Gasteiger partial charge is 0.193 e. The molecule has 0 heterocycles. The van der Waals surface area contributed by atoms with Gasteiger partial charge in [-0.3, -0.25) is 4.99 Å². The fourth-order valence-electron chi connectivity index (χ4n) is 1.69. The normalized spacial score (nSPS) is 11.8. The van der Waals surface area contributed by atoms with Gasteiger partial charge in [-0.05, 0) is 37.8 Å². The average molecular weight is 425 g/mol. The molecule has 0 spiro atoms. The highest BCUT2D eigenvalue weighted by molar-refractivity contribution is 14.0. The molecule has 21 heavy (non-hydrogen) atoms. The minimum Gasteiger partial charge on any atom is -0.355 e. The Hall–Kier alpha value is -0.500. The lowest BCUT2D eigenvalue weighted by Crippen LogP contribution is -2.43. The van der Waals surface area contributed by atoms with E-state index >= 15 is 0 Å². The molecule has 0 unspecified atom stereocenters. The molecule has 6 heteroatoms. The number of nitrogens with zero attached hydrogens (tertiary/aromatic N) is 2. The molecule has 0 fully saturated rings. The Morgan fingerprint density at radius 1 is 1.33 bits per heavy atom. The van der Waals surface area contributed by atoms with Gasteiger partial charge in [-0.15, -0.1) is 24.0 Å². The molecule has 1 rings (SSSR count). The maximum absolute atomic E-state index is 12.9. The van der Waals surface area contributed by atoms with Gasteiger partial charge in [-0.1, -0.05) is 12.1 Å². The van der Waals surface area contributed by atoms with Crippen molar-refractivity contribution in [2.24, 2.45) is 4.99 Å². The Bertz CT molecular complexity index is 449. The zero-order valence-corrected chi connectivity index (χ0v) is 16.5. The van der Waals surface area contributed by atoms with Crippen LogP contribution in [0.2, 0.25) is 0 Å². The van der Waals surface area contributed by atoms with Gasteiger partial charge in [-0.2, -0.15) is 11.8 Å². The number of benzene rings is 1. The van der Waals surface area contributed by atoms with Gasteiger partial charge >= 0.3 is 0 Å². The van der Waals surface area contributed by atoms with Crippen molar-refractivity contribution in [2.45, 2.75) is 25.1 Å². The average Bonchev–Trinajstić information content (AvgIpc) is 2.42. The first-order valence-corrected chi connectivity index (χ1v) is 7.82. The highest BCUT2D eigenvalue weighted by atomic mass is 127. The number of thioether (sulfide) groups is 1. The van der Waals surface area contributed by atoms with Crippen molar-refractivity contribution < 1.29 is 4.39 Å². The maximum atomic E-state index is 12.9. The van der Waals surface area contributed by atoms with Crippen LogP contribution in [0.25, 0.3) is 0 Å². The summed E-state index contributed by atoms with van der Waals surface area (Å²) < 4.78 is 13.0. The Kier molecular flexibility index (Phi) is 9.28. The van der Waals surface area contributed by atoms with Crippen LogP contribution in [0.4, 0.5) is 4.39 Å². The molecule has 120 valence electrons. The summed E-state index contributed by atoms with van der Waals surface area (Å²) in [5.41, 5.74) is 1.06. The van der Waals surface area contributed by atoms with Crippen molar-refractivity contribution >= 4 is 41.7 Å². The fourth-order valence-corrected chi connectivity index (χ4v) is 1.90. The molecule has 1 N–H and O–H groups in total. The van der Waals surface area contributed by atoms with Gasteiger partial charge in [0.1, 0.15) is 5.82 Å². The van der Waals surface area contributed by atoms with Gasteiger partial charge in [-0.25, -0.2) is 4.39 Å². The predicted molar refractivity (Wildman–Crippen MR) is 102 cm³/mol. The van der Waals surface area contributed by atoms with Crippen molar-refractivity contribution in [3.63, 3.8) is 0 Å². The quantitative estimate of drug-likeness (QED) is 0.444. The van der Waals surface area contributed by atoms with E-state index in [0.717, 1.165) is 18.1 Å². The van der Waals surface area contributed by atoms with Crippen molar-refractivity contribution in [3.8, 4) is 0 Å². The lowest BCUT2D eigenvalue weighted by Gasteiger charge is -2.27. The van der Waals surface area contributed by atoms with Crippen LogP contribution < -0.4 is 5.32 Å². The molecule has 0 atom stereocenters. The number of aliphatic imine (C=N–C) groups is 1. The number of hydrogen-bond acceptors (Lipinski definition) is 2. The van der Waals surface area contributed by atoms with E-state index in [1.807, 2.05) is 23.7 Å². The molecule has 0 aromatic heterocycles. The maximum Gasteiger partial charge on any atom is 0.193 e. The SMILES string of the molecule is CN=C(NCC(C)(C)SC)N(C)Cc1ccc(F)cc1.I. The van der Waals surface area contributed by atoms with Gasteiger partial charge in [0.25, 0.3) is 0 Å². The summed E-state index contributed by atoms with van der Waals surface area (Å²) in [5, 5.41) is 3.37. The lowest BCUT2D eigenvalue weighted by atomic mass is 10.2. The summed E-state index contributed by atoms with van der Waals surface area (Å²) in [7, 11) is 3.75. The Morgan fingerprint density at radius 2 is 1.90 bits per heavy atom. The summed E-state index contributed by atoms with van der Waals surface area (Å²) in [6, 6.07) is 6.56. The van der Waals surface area contributed by atoms with Crippen molar-refractivity contribution in [1.29, 1.82) is 0 Å². The van der Waals surface area contributed by atoms with Crippen molar-refractivity contribution in [1.82, 2.24) is 10.2 Å². The topological polar surface area (TPSA) is 27.6 Å². The molecule has 0 aliphatic rings. The molecular weight excluding hydrogens is 400 g/mol. The summed E-state index contributed by atoms with van der Waals surface area (Å²) in [6.45, 7) is 5.92. The molecule has 0 saturated heterocycles. The third kappa shape index (κ3) is 7.35. The van der Waals surface area contributed by atoms with Crippen molar-refractivity contribution in [3.05, 3.63) is 35.6 Å². The van der Waals surface area contributed by atoms with Gasteiger partial charge < -0.3 is 10.2 Å². The molecule has 0 amide bonds. The highest BCUT2D eigenvalue weighted by Crippen LogP contribution is 2.19. The zero-order valence-electron chi connectivity index (χ0n) is 13.3. The van der Waals surface area contributed by atoms with E-state index in [9.17, 15) is 4.39 Å². The van der Waals surface area contributed by atoms with Gasteiger partial charge in [0.15, 0.2) is 5.96 Å². The van der Waals surface area contributed by atoms with Gasteiger partial charge in [0.05, 0.1) is 0 Å². The third-order valence-electron chi connectivity index (χ3n) is 3.13. The Labute approximate surface area is 148 Å². The third-order valence-corrected chi connectivity index (χ3v) is 4.38. The van der Waals surface area contributed by atoms with E-state index < -0.39 is 0 Å². The van der Waals surface area contributed by atoms with Crippen molar-refractivity contribution in [2.75, 3.05) is 26.9 Å². The first-order valence-electron chi connectivity index (χ1n) is 6.59. The van der Waals surface area contributed by atoms with Crippen LogP contribution in [0.3, 0.4) is 0 Å².